The zero-order valence-corrected chi connectivity index (χ0v) is 31.8. The highest BCUT2D eigenvalue weighted by Gasteiger charge is 2.76. The van der Waals surface area contributed by atoms with Crippen molar-refractivity contribution in [2.75, 3.05) is 0 Å². The lowest BCUT2D eigenvalue weighted by Crippen LogP contribution is -2.68. The summed E-state index contributed by atoms with van der Waals surface area (Å²) in [4.78, 5) is 0. The molecular formula is C12H4Br13. The molecule has 0 amide bonds. The van der Waals surface area contributed by atoms with E-state index in [-0.39, 0.29) is 0 Å². The summed E-state index contributed by atoms with van der Waals surface area (Å²) in [5, 5.41) is 0. The maximum atomic E-state index is 3.99. The highest BCUT2D eigenvalue weighted by atomic mass is 80.0. The molecule has 1 aromatic rings. The van der Waals surface area contributed by atoms with Crippen molar-refractivity contribution in [3.63, 3.8) is 0 Å². The first kappa shape index (κ1) is 28.5. The number of benzene rings is 1. The number of halogens is 13. The topological polar surface area (TPSA) is 0 Å². The lowest BCUT2D eigenvalue weighted by molar-refractivity contribution is 0.476. The van der Waals surface area contributed by atoms with Gasteiger partial charge in [-0.3, -0.25) is 0 Å². The first-order valence-corrected chi connectivity index (χ1v) is 16.1. The summed E-state index contributed by atoms with van der Waals surface area (Å²) >= 11 is 48.8. The van der Waals surface area contributed by atoms with E-state index < -0.39 is 18.3 Å². The molecule has 0 bridgehead atoms. The Hall–Kier alpha value is 5.46. The van der Waals surface area contributed by atoms with Gasteiger partial charge in [-0.25, -0.2) is 0 Å². The Morgan fingerprint density at radius 1 is 0.560 bits per heavy atom. The molecule has 1 rings (SSSR count). The third-order valence-electron chi connectivity index (χ3n) is 3.16. The molecule has 0 spiro atoms. The molecule has 0 saturated heterocycles. The van der Waals surface area contributed by atoms with Crippen LogP contribution in [0.3, 0.4) is 0 Å². The molecule has 0 aliphatic rings. The van der Waals surface area contributed by atoms with Gasteiger partial charge in [-0.2, -0.15) is 0 Å². The van der Waals surface area contributed by atoms with Crippen molar-refractivity contribution in [1.29, 1.82) is 0 Å². The summed E-state index contributed by atoms with van der Waals surface area (Å²) in [6.07, 6.45) is 0. The predicted molar refractivity (Wildman–Crippen MR) is 157 cm³/mol. The van der Waals surface area contributed by atoms with Crippen LogP contribution >= 0.6 is 207 Å². The molecule has 1 radical (unpaired) electrons. The summed E-state index contributed by atoms with van der Waals surface area (Å²) in [6, 6.07) is 10.7. The number of rotatable bonds is 3. The zero-order valence-electron chi connectivity index (χ0n) is 11.2. The highest BCUT2D eigenvalue weighted by Crippen LogP contribution is 2.77. The van der Waals surface area contributed by atoms with Gasteiger partial charge in [0.15, 0.2) is 6.43 Å². The quantitative estimate of drug-likeness (QED) is 0.265. The summed E-state index contributed by atoms with van der Waals surface area (Å²) in [6.45, 7) is 0. The molecule has 0 nitrogen and oxygen atoms in total. The second-order valence-electron chi connectivity index (χ2n) is 4.67. The van der Waals surface area contributed by atoms with Crippen molar-refractivity contribution in [3.8, 4) is 0 Å². The van der Waals surface area contributed by atoms with Gasteiger partial charge in [0.1, 0.15) is 11.9 Å². The van der Waals surface area contributed by atoms with Gasteiger partial charge in [0.25, 0.3) is 0 Å². The minimum absolute atomic E-state index is 0.776. The molecule has 0 fully saturated rings. The normalized spacial score (nSPS) is 19.2. The molecule has 1 aromatic carbocycles. The molecule has 0 heterocycles. The molecule has 0 saturated carbocycles. The third-order valence-corrected chi connectivity index (χ3v) is 22.3. The van der Waals surface area contributed by atoms with Crippen LogP contribution in [-0.2, 0) is 4.32 Å². The number of hydrogen-bond donors (Lipinski definition) is 0. The van der Waals surface area contributed by atoms with Crippen LogP contribution in [0, 0.1) is 6.07 Å². The average Bonchev–Trinajstić information content (AvgIpc) is 2.42. The second kappa shape index (κ2) is 9.75. The zero-order chi connectivity index (χ0) is 20.1. The Labute approximate surface area is 256 Å². The third kappa shape index (κ3) is 5.35. The van der Waals surface area contributed by atoms with Gasteiger partial charge in [-0.05, 0) is 11.6 Å². The van der Waals surface area contributed by atoms with E-state index in [1.54, 1.807) is 0 Å². The van der Waals surface area contributed by atoms with Crippen LogP contribution in [0.1, 0.15) is 5.56 Å². The summed E-state index contributed by atoms with van der Waals surface area (Å²) in [5.41, 5.74) is 0.941. The number of hydrogen-bond acceptors (Lipinski definition) is 0. The van der Waals surface area contributed by atoms with Crippen molar-refractivity contribution in [1.82, 2.24) is 0 Å². The van der Waals surface area contributed by atoms with Crippen LogP contribution < -0.4 is 0 Å². The molecule has 2 unspecified atom stereocenters. The Morgan fingerprint density at radius 2 is 0.960 bits per heavy atom. The fourth-order valence-electron chi connectivity index (χ4n) is 1.96. The van der Waals surface area contributed by atoms with Crippen molar-refractivity contribution in [3.05, 3.63) is 35.9 Å². The van der Waals surface area contributed by atoms with E-state index in [2.05, 4.69) is 213 Å². The smallest absolute Gasteiger partial charge is 0.0772 e. The Kier molecular flexibility index (Phi) is 11.1. The Bertz CT molecular complexity index is 596. The predicted octanol–water partition coefficient (Wildman–Crippen LogP) is 11.2. The average molecular weight is 1190 g/mol. The molecular weight excluding hydrogens is 1180 g/mol. The highest BCUT2D eigenvalue weighted by molar-refractivity contribution is 9.42. The number of alkyl halides is 13. The van der Waals surface area contributed by atoms with Crippen molar-refractivity contribution in [2.45, 2.75) is 18.3 Å². The van der Waals surface area contributed by atoms with Crippen molar-refractivity contribution >= 4 is 207 Å². The molecule has 13 heteroatoms. The van der Waals surface area contributed by atoms with Crippen LogP contribution in [0.5, 0.6) is 0 Å². The van der Waals surface area contributed by atoms with Crippen LogP contribution in [-0.4, -0.2) is 14.0 Å². The van der Waals surface area contributed by atoms with E-state index in [1.165, 1.54) is 0 Å². The lowest BCUT2D eigenvalue weighted by Gasteiger charge is -2.58. The SMILES string of the molecule is BrC(Br)(Br)C(Br)(Br)C(Br)(C(Br)(Br)Br)C(Br)(c1cc[c]cc1)C(Br)(Br)Br. The maximum absolute atomic E-state index is 3.99. The molecule has 0 aromatic heterocycles. The summed E-state index contributed by atoms with van der Waals surface area (Å²) < 4.78 is -5.06. The molecule has 25 heavy (non-hydrogen) atoms. The first-order valence-electron chi connectivity index (χ1n) is 5.78. The van der Waals surface area contributed by atoms with Gasteiger partial charge in [0.2, 0.25) is 0 Å². The maximum Gasteiger partial charge on any atom is 0.161 e. The fraction of sp³-hybridized carbons (Fsp3) is 0.500. The summed E-state index contributed by atoms with van der Waals surface area (Å²) in [7, 11) is 0. The van der Waals surface area contributed by atoms with Crippen LogP contribution in [0.2, 0.25) is 0 Å². The van der Waals surface area contributed by atoms with Gasteiger partial charge in [-0.15, -0.1) is 0 Å². The van der Waals surface area contributed by atoms with Gasteiger partial charge >= 0.3 is 0 Å². The molecule has 0 aliphatic carbocycles. The van der Waals surface area contributed by atoms with E-state index in [0.717, 1.165) is 5.56 Å². The Morgan fingerprint density at radius 3 is 1.24 bits per heavy atom. The van der Waals surface area contributed by atoms with E-state index in [4.69, 9.17) is 0 Å². The van der Waals surface area contributed by atoms with Crippen molar-refractivity contribution < 1.29 is 0 Å². The Balaban J connectivity index is 4.02. The van der Waals surface area contributed by atoms with Crippen LogP contribution in [0.25, 0.3) is 0 Å². The standard InChI is InChI=1S/C12H4Br13/c13-7(10(17,18)19,6-4-2-1-3-5-6)8(14,11(20,21)22)9(15,16)12(23,24)25/h2-5H. The van der Waals surface area contributed by atoms with E-state index in [9.17, 15) is 0 Å². The largest absolute Gasteiger partial charge is 0.161 e. The van der Waals surface area contributed by atoms with Gasteiger partial charge in [-0.1, -0.05) is 231 Å². The summed E-state index contributed by atoms with van der Waals surface area (Å²) in [5.74, 6) is 0. The van der Waals surface area contributed by atoms with E-state index >= 15 is 0 Å². The molecule has 143 valence electrons. The van der Waals surface area contributed by atoms with Gasteiger partial charge in [0, 0.05) is 0 Å². The van der Waals surface area contributed by atoms with Crippen molar-refractivity contribution in [2.24, 2.45) is 0 Å². The molecule has 2 atom stereocenters. The molecule has 0 N–H and O–H groups in total. The van der Waals surface area contributed by atoms with Crippen LogP contribution in [0.15, 0.2) is 24.3 Å². The monoisotopic (exact) mass is 1170 g/mol. The van der Waals surface area contributed by atoms with Gasteiger partial charge in [0.05, 0.1) is 0 Å². The van der Waals surface area contributed by atoms with E-state index in [0.29, 0.717) is 0 Å². The second-order valence-corrected chi connectivity index (χ2v) is 30.8. The van der Waals surface area contributed by atoms with E-state index in [1.807, 2.05) is 24.3 Å². The van der Waals surface area contributed by atoms with Crippen LogP contribution in [0.4, 0.5) is 0 Å². The van der Waals surface area contributed by atoms with Gasteiger partial charge < -0.3 is 0 Å². The lowest BCUT2D eigenvalue weighted by atomic mass is 9.86. The first-order chi connectivity index (χ1) is 10.9. The minimum atomic E-state index is -0.922. The minimum Gasteiger partial charge on any atom is -0.0772 e. The molecule has 0 aliphatic heterocycles. The fourth-order valence-corrected chi connectivity index (χ4v) is 13.6.